The summed E-state index contributed by atoms with van der Waals surface area (Å²) in [6, 6.07) is 18.9. The number of aromatic amines is 1. The molecule has 0 bridgehead atoms. The van der Waals surface area contributed by atoms with Gasteiger partial charge >= 0.3 is 0 Å². The van der Waals surface area contributed by atoms with Gasteiger partial charge in [0.2, 0.25) is 0 Å². The Bertz CT molecular complexity index is 684. The molecule has 0 aliphatic rings. The monoisotopic (exact) mass is 277 g/mol. The average molecular weight is 277 g/mol. The van der Waals surface area contributed by atoms with Gasteiger partial charge in [-0.25, -0.2) is 0 Å². The lowest BCUT2D eigenvalue weighted by Gasteiger charge is -2.06. The van der Waals surface area contributed by atoms with E-state index in [9.17, 15) is 0 Å². The molecule has 0 radical (unpaired) electrons. The summed E-state index contributed by atoms with van der Waals surface area (Å²) >= 11 is 0. The minimum Gasteiger partial charge on any atom is -0.308 e. The first-order valence-corrected chi connectivity index (χ1v) is 7.17. The summed E-state index contributed by atoms with van der Waals surface area (Å²) in [5, 5.41) is 10.7. The molecule has 106 valence electrons. The van der Waals surface area contributed by atoms with Gasteiger partial charge in [0.1, 0.15) is 0 Å². The Hall–Kier alpha value is -2.39. The van der Waals surface area contributed by atoms with Crippen molar-refractivity contribution in [2.75, 3.05) is 0 Å². The van der Waals surface area contributed by atoms with Crippen LogP contribution in [-0.2, 0) is 13.1 Å². The van der Waals surface area contributed by atoms with E-state index in [2.05, 4.69) is 58.8 Å². The molecule has 3 aromatic rings. The van der Waals surface area contributed by atoms with E-state index < -0.39 is 0 Å². The number of aryl methyl sites for hydroxylation is 1. The van der Waals surface area contributed by atoms with Gasteiger partial charge in [-0.3, -0.25) is 5.10 Å². The molecule has 0 saturated carbocycles. The van der Waals surface area contributed by atoms with Crippen LogP contribution in [0.4, 0.5) is 0 Å². The molecule has 3 heteroatoms. The van der Waals surface area contributed by atoms with Crippen LogP contribution in [0.5, 0.6) is 0 Å². The Morgan fingerprint density at radius 3 is 2.48 bits per heavy atom. The third-order valence-corrected chi connectivity index (χ3v) is 3.55. The van der Waals surface area contributed by atoms with Gasteiger partial charge in [-0.2, -0.15) is 5.10 Å². The molecular weight excluding hydrogens is 258 g/mol. The number of hydrogen-bond acceptors (Lipinski definition) is 2. The first kappa shape index (κ1) is 13.6. The van der Waals surface area contributed by atoms with Gasteiger partial charge in [-0.1, -0.05) is 60.2 Å². The maximum atomic E-state index is 4.17. The molecule has 1 aromatic heterocycles. The number of nitrogens with zero attached hydrogens (tertiary/aromatic N) is 1. The first-order valence-electron chi connectivity index (χ1n) is 7.17. The van der Waals surface area contributed by atoms with E-state index in [0.717, 1.165) is 18.8 Å². The molecule has 0 aliphatic carbocycles. The number of benzene rings is 2. The first-order chi connectivity index (χ1) is 10.3. The zero-order valence-corrected chi connectivity index (χ0v) is 12.1. The summed E-state index contributed by atoms with van der Waals surface area (Å²) in [7, 11) is 0. The standard InChI is InChI=1S/C18H19N3/c1-14-7-9-15(10-8-14)11-19-12-17-13-20-21-18(17)16-5-3-2-4-6-16/h2-10,13,19H,11-12H2,1H3,(H,20,21). The summed E-state index contributed by atoms with van der Waals surface area (Å²) in [6.07, 6.45) is 1.89. The summed E-state index contributed by atoms with van der Waals surface area (Å²) in [5.41, 5.74) is 6.03. The quantitative estimate of drug-likeness (QED) is 0.747. The lowest BCUT2D eigenvalue weighted by Crippen LogP contribution is -2.12. The Morgan fingerprint density at radius 1 is 0.952 bits per heavy atom. The molecule has 3 nitrogen and oxygen atoms in total. The lowest BCUT2D eigenvalue weighted by molar-refractivity contribution is 0.694. The van der Waals surface area contributed by atoms with Crippen molar-refractivity contribution in [3.8, 4) is 11.3 Å². The van der Waals surface area contributed by atoms with E-state index in [1.807, 2.05) is 24.4 Å². The third kappa shape index (κ3) is 3.38. The molecule has 21 heavy (non-hydrogen) atoms. The van der Waals surface area contributed by atoms with Crippen LogP contribution in [0.3, 0.4) is 0 Å². The van der Waals surface area contributed by atoms with Crippen molar-refractivity contribution in [3.63, 3.8) is 0 Å². The average Bonchev–Trinajstić information content (AvgIpc) is 2.99. The van der Waals surface area contributed by atoms with Gasteiger partial charge < -0.3 is 5.32 Å². The predicted molar refractivity (Wildman–Crippen MR) is 85.7 cm³/mol. The highest BCUT2D eigenvalue weighted by Crippen LogP contribution is 2.20. The van der Waals surface area contributed by atoms with Crippen LogP contribution in [0.25, 0.3) is 11.3 Å². The van der Waals surface area contributed by atoms with Crippen molar-refractivity contribution in [3.05, 3.63) is 77.5 Å². The largest absolute Gasteiger partial charge is 0.308 e. The van der Waals surface area contributed by atoms with E-state index in [-0.39, 0.29) is 0 Å². The summed E-state index contributed by atoms with van der Waals surface area (Å²) < 4.78 is 0. The number of rotatable bonds is 5. The van der Waals surface area contributed by atoms with E-state index in [1.54, 1.807) is 0 Å². The maximum absolute atomic E-state index is 4.17. The van der Waals surface area contributed by atoms with Crippen molar-refractivity contribution in [2.45, 2.75) is 20.0 Å². The highest BCUT2D eigenvalue weighted by molar-refractivity contribution is 5.62. The van der Waals surface area contributed by atoms with Gasteiger partial charge in [0, 0.05) is 18.7 Å². The van der Waals surface area contributed by atoms with Crippen LogP contribution < -0.4 is 5.32 Å². The maximum Gasteiger partial charge on any atom is 0.0695 e. The Kier molecular flexibility index (Phi) is 4.12. The number of H-pyrrole nitrogens is 1. The van der Waals surface area contributed by atoms with Crippen LogP contribution >= 0.6 is 0 Å². The van der Waals surface area contributed by atoms with E-state index in [0.29, 0.717) is 0 Å². The number of hydrogen-bond donors (Lipinski definition) is 2. The van der Waals surface area contributed by atoms with Crippen molar-refractivity contribution in [2.24, 2.45) is 0 Å². The van der Waals surface area contributed by atoms with Crippen LogP contribution in [0.2, 0.25) is 0 Å². The molecule has 0 spiro atoms. The van der Waals surface area contributed by atoms with Crippen molar-refractivity contribution >= 4 is 0 Å². The summed E-state index contributed by atoms with van der Waals surface area (Å²) in [5.74, 6) is 0. The zero-order valence-electron chi connectivity index (χ0n) is 12.1. The Labute approximate surface area is 125 Å². The number of nitrogens with one attached hydrogen (secondary N) is 2. The zero-order chi connectivity index (χ0) is 14.5. The van der Waals surface area contributed by atoms with Gasteiger partial charge in [0.15, 0.2) is 0 Å². The fourth-order valence-electron chi connectivity index (χ4n) is 2.35. The normalized spacial score (nSPS) is 10.7. The highest BCUT2D eigenvalue weighted by Gasteiger charge is 2.06. The molecule has 2 N–H and O–H groups in total. The fraction of sp³-hybridized carbons (Fsp3) is 0.167. The minimum absolute atomic E-state index is 0.800. The van der Waals surface area contributed by atoms with Crippen LogP contribution in [0, 0.1) is 6.92 Å². The minimum atomic E-state index is 0.800. The fourth-order valence-corrected chi connectivity index (χ4v) is 2.35. The molecule has 2 aromatic carbocycles. The highest BCUT2D eigenvalue weighted by atomic mass is 15.1. The van der Waals surface area contributed by atoms with Crippen molar-refractivity contribution in [1.82, 2.24) is 15.5 Å². The van der Waals surface area contributed by atoms with Crippen molar-refractivity contribution < 1.29 is 0 Å². The molecule has 1 heterocycles. The summed E-state index contributed by atoms with van der Waals surface area (Å²) in [6.45, 7) is 3.77. The van der Waals surface area contributed by atoms with Gasteiger partial charge in [-0.05, 0) is 18.1 Å². The Morgan fingerprint density at radius 2 is 1.71 bits per heavy atom. The smallest absolute Gasteiger partial charge is 0.0695 e. The molecular formula is C18H19N3. The van der Waals surface area contributed by atoms with E-state index in [1.165, 1.54) is 22.3 Å². The number of aromatic nitrogens is 2. The molecule has 0 aliphatic heterocycles. The van der Waals surface area contributed by atoms with E-state index >= 15 is 0 Å². The SMILES string of the molecule is Cc1ccc(CNCc2cn[nH]c2-c2ccccc2)cc1. The Balaban J connectivity index is 1.64. The van der Waals surface area contributed by atoms with Crippen LogP contribution in [0.1, 0.15) is 16.7 Å². The molecule has 0 fully saturated rings. The van der Waals surface area contributed by atoms with Crippen LogP contribution in [-0.4, -0.2) is 10.2 Å². The van der Waals surface area contributed by atoms with Crippen LogP contribution in [0.15, 0.2) is 60.8 Å². The second-order valence-electron chi connectivity index (χ2n) is 5.23. The molecule has 0 atom stereocenters. The molecule has 0 unspecified atom stereocenters. The second kappa shape index (κ2) is 6.37. The third-order valence-electron chi connectivity index (χ3n) is 3.55. The molecule has 3 rings (SSSR count). The lowest BCUT2D eigenvalue weighted by atomic mass is 10.1. The van der Waals surface area contributed by atoms with Gasteiger partial charge in [-0.15, -0.1) is 0 Å². The predicted octanol–water partition coefficient (Wildman–Crippen LogP) is 3.67. The second-order valence-corrected chi connectivity index (χ2v) is 5.23. The molecule has 0 saturated heterocycles. The van der Waals surface area contributed by atoms with E-state index in [4.69, 9.17) is 0 Å². The van der Waals surface area contributed by atoms with Crippen molar-refractivity contribution in [1.29, 1.82) is 0 Å². The topological polar surface area (TPSA) is 40.7 Å². The molecule has 0 amide bonds. The summed E-state index contributed by atoms with van der Waals surface area (Å²) in [4.78, 5) is 0. The van der Waals surface area contributed by atoms with Gasteiger partial charge in [0.05, 0.1) is 11.9 Å². The van der Waals surface area contributed by atoms with Gasteiger partial charge in [0.25, 0.3) is 0 Å².